The van der Waals surface area contributed by atoms with Crippen molar-refractivity contribution in [1.82, 2.24) is 9.97 Å². The molecule has 0 atom stereocenters. The summed E-state index contributed by atoms with van der Waals surface area (Å²) >= 11 is 3.07. The summed E-state index contributed by atoms with van der Waals surface area (Å²) in [6.07, 6.45) is -4.66. The molecule has 118 valence electrons. The van der Waals surface area contributed by atoms with Crippen LogP contribution in [0.5, 0.6) is 11.8 Å². The zero-order chi connectivity index (χ0) is 16.5. The number of alkyl halides is 3. The number of halogens is 5. The van der Waals surface area contributed by atoms with Gasteiger partial charge in [-0.3, -0.25) is 0 Å². The Balaban J connectivity index is 2.43. The maximum Gasteiger partial charge on any atom is 0.433 e. The molecule has 0 fully saturated rings. The minimum Gasteiger partial charge on any atom is -0.421 e. The van der Waals surface area contributed by atoms with E-state index in [9.17, 15) is 17.6 Å². The third-order valence-electron chi connectivity index (χ3n) is 2.54. The SMILES string of the molecule is CN(C)c1cc(C(F)(F)F)nc(Oc2ccc(Br)cc2F)n1. The summed E-state index contributed by atoms with van der Waals surface area (Å²) in [5, 5.41) is 0. The van der Waals surface area contributed by atoms with Crippen molar-refractivity contribution >= 4 is 21.7 Å². The van der Waals surface area contributed by atoms with Crippen LogP contribution in [0, 0.1) is 5.82 Å². The van der Waals surface area contributed by atoms with Gasteiger partial charge in [0, 0.05) is 24.6 Å². The molecule has 22 heavy (non-hydrogen) atoms. The van der Waals surface area contributed by atoms with Gasteiger partial charge < -0.3 is 9.64 Å². The van der Waals surface area contributed by atoms with E-state index in [4.69, 9.17) is 4.74 Å². The second-order valence-electron chi connectivity index (χ2n) is 4.46. The molecule has 0 unspecified atom stereocenters. The van der Waals surface area contributed by atoms with Crippen LogP contribution in [0.2, 0.25) is 0 Å². The van der Waals surface area contributed by atoms with Gasteiger partial charge >= 0.3 is 12.2 Å². The van der Waals surface area contributed by atoms with Gasteiger partial charge in [0.25, 0.3) is 0 Å². The summed E-state index contributed by atoms with van der Waals surface area (Å²) in [7, 11) is 3.04. The number of benzene rings is 1. The van der Waals surface area contributed by atoms with E-state index in [1.54, 1.807) is 0 Å². The summed E-state index contributed by atoms with van der Waals surface area (Å²) in [4.78, 5) is 8.46. The highest BCUT2D eigenvalue weighted by atomic mass is 79.9. The van der Waals surface area contributed by atoms with E-state index in [1.807, 2.05) is 0 Å². The van der Waals surface area contributed by atoms with Gasteiger partial charge in [-0.1, -0.05) is 15.9 Å². The van der Waals surface area contributed by atoms with Crippen molar-refractivity contribution in [1.29, 1.82) is 0 Å². The number of ether oxygens (including phenoxy) is 1. The molecule has 0 amide bonds. The van der Waals surface area contributed by atoms with Crippen LogP contribution in [0.4, 0.5) is 23.4 Å². The molecular weight excluding hydrogens is 370 g/mol. The molecule has 0 aliphatic carbocycles. The van der Waals surface area contributed by atoms with Gasteiger partial charge in [0.2, 0.25) is 0 Å². The van der Waals surface area contributed by atoms with Gasteiger partial charge in [0.15, 0.2) is 17.3 Å². The normalized spacial score (nSPS) is 11.4. The lowest BCUT2D eigenvalue weighted by atomic mass is 10.3. The number of rotatable bonds is 3. The average Bonchev–Trinajstić information content (AvgIpc) is 2.40. The lowest BCUT2D eigenvalue weighted by Gasteiger charge is -2.15. The van der Waals surface area contributed by atoms with Crippen molar-refractivity contribution in [2.75, 3.05) is 19.0 Å². The number of hydrogen-bond acceptors (Lipinski definition) is 4. The van der Waals surface area contributed by atoms with Crippen molar-refractivity contribution in [2.24, 2.45) is 0 Å². The van der Waals surface area contributed by atoms with Crippen molar-refractivity contribution in [3.63, 3.8) is 0 Å². The van der Waals surface area contributed by atoms with E-state index in [-0.39, 0.29) is 11.6 Å². The predicted octanol–water partition coefficient (Wildman–Crippen LogP) is 4.26. The number of anilines is 1. The van der Waals surface area contributed by atoms with E-state index in [0.29, 0.717) is 4.47 Å². The molecule has 0 saturated heterocycles. The molecule has 0 aliphatic rings. The molecule has 2 aromatic rings. The maximum absolute atomic E-state index is 13.7. The molecule has 0 radical (unpaired) electrons. The van der Waals surface area contributed by atoms with Gasteiger partial charge in [-0.15, -0.1) is 0 Å². The number of aromatic nitrogens is 2. The molecule has 0 spiro atoms. The fraction of sp³-hybridized carbons (Fsp3) is 0.231. The lowest BCUT2D eigenvalue weighted by Crippen LogP contribution is -2.16. The lowest BCUT2D eigenvalue weighted by molar-refractivity contribution is -0.141. The minimum atomic E-state index is -4.66. The highest BCUT2D eigenvalue weighted by molar-refractivity contribution is 9.10. The first kappa shape index (κ1) is 16.5. The highest BCUT2D eigenvalue weighted by Crippen LogP contribution is 2.32. The quantitative estimate of drug-likeness (QED) is 0.747. The van der Waals surface area contributed by atoms with Gasteiger partial charge in [-0.25, -0.2) is 4.39 Å². The summed E-state index contributed by atoms with van der Waals surface area (Å²) in [5.41, 5.74) is -1.17. The minimum absolute atomic E-state index is 0.00477. The summed E-state index contributed by atoms with van der Waals surface area (Å²) in [6, 6.07) is 4.07. The average molecular weight is 380 g/mol. The standard InChI is InChI=1S/C13H10BrF4N3O/c1-21(2)11-6-10(13(16,17)18)19-12(20-11)22-9-4-3-7(14)5-8(9)15/h3-6H,1-2H3. The summed E-state index contributed by atoms with van der Waals surface area (Å²) in [5.74, 6) is -1.02. The fourth-order valence-corrected chi connectivity index (χ4v) is 1.82. The Hall–Kier alpha value is -1.90. The predicted molar refractivity (Wildman–Crippen MR) is 75.5 cm³/mol. The second-order valence-corrected chi connectivity index (χ2v) is 5.38. The zero-order valence-electron chi connectivity index (χ0n) is 11.4. The van der Waals surface area contributed by atoms with E-state index in [1.165, 1.54) is 31.1 Å². The molecule has 0 bridgehead atoms. The number of nitrogens with zero attached hydrogens (tertiary/aromatic N) is 3. The van der Waals surface area contributed by atoms with Crippen LogP contribution in [-0.4, -0.2) is 24.1 Å². The maximum atomic E-state index is 13.7. The third kappa shape index (κ3) is 3.85. The Morgan fingerprint density at radius 2 is 1.82 bits per heavy atom. The highest BCUT2D eigenvalue weighted by Gasteiger charge is 2.34. The monoisotopic (exact) mass is 379 g/mol. The topological polar surface area (TPSA) is 38.2 Å². The van der Waals surface area contributed by atoms with Crippen molar-refractivity contribution < 1.29 is 22.3 Å². The third-order valence-corrected chi connectivity index (χ3v) is 3.03. The van der Waals surface area contributed by atoms with Gasteiger partial charge in [-0.05, 0) is 18.2 Å². The first-order valence-electron chi connectivity index (χ1n) is 5.93. The fourth-order valence-electron chi connectivity index (χ4n) is 1.49. The van der Waals surface area contributed by atoms with Crippen molar-refractivity contribution in [3.8, 4) is 11.8 Å². The Labute approximate surface area is 131 Å². The molecular formula is C13H10BrF4N3O. The molecule has 4 nitrogen and oxygen atoms in total. The second kappa shape index (κ2) is 6.07. The van der Waals surface area contributed by atoms with Crippen LogP contribution in [0.1, 0.15) is 5.69 Å². The van der Waals surface area contributed by atoms with Gasteiger partial charge in [0.1, 0.15) is 5.82 Å². The number of hydrogen-bond donors (Lipinski definition) is 0. The van der Waals surface area contributed by atoms with Crippen LogP contribution in [0.25, 0.3) is 0 Å². The van der Waals surface area contributed by atoms with E-state index < -0.39 is 23.7 Å². The van der Waals surface area contributed by atoms with Crippen LogP contribution < -0.4 is 9.64 Å². The Bertz CT molecular complexity index is 691. The Morgan fingerprint density at radius 1 is 1.14 bits per heavy atom. The molecule has 2 rings (SSSR count). The summed E-state index contributed by atoms with van der Waals surface area (Å²) < 4.78 is 57.7. The van der Waals surface area contributed by atoms with E-state index >= 15 is 0 Å². The molecule has 1 aromatic heterocycles. The molecule has 9 heteroatoms. The zero-order valence-corrected chi connectivity index (χ0v) is 13.0. The Kier molecular flexibility index (Phi) is 4.55. The molecule has 1 heterocycles. The molecule has 0 aliphatic heterocycles. The van der Waals surface area contributed by atoms with Crippen LogP contribution in [0.3, 0.4) is 0 Å². The van der Waals surface area contributed by atoms with Crippen LogP contribution >= 0.6 is 15.9 Å². The van der Waals surface area contributed by atoms with Crippen molar-refractivity contribution in [2.45, 2.75) is 6.18 Å². The summed E-state index contributed by atoms with van der Waals surface area (Å²) in [6.45, 7) is 0. The largest absolute Gasteiger partial charge is 0.433 e. The van der Waals surface area contributed by atoms with Crippen molar-refractivity contribution in [3.05, 3.63) is 40.2 Å². The van der Waals surface area contributed by atoms with Gasteiger partial charge in [0.05, 0.1) is 0 Å². The van der Waals surface area contributed by atoms with E-state index in [2.05, 4.69) is 25.9 Å². The molecule has 1 aromatic carbocycles. The van der Waals surface area contributed by atoms with Gasteiger partial charge in [-0.2, -0.15) is 23.1 Å². The van der Waals surface area contributed by atoms with Crippen LogP contribution in [0.15, 0.2) is 28.7 Å². The smallest absolute Gasteiger partial charge is 0.421 e. The van der Waals surface area contributed by atoms with E-state index in [0.717, 1.165) is 12.1 Å². The molecule has 0 N–H and O–H groups in total. The Morgan fingerprint density at radius 3 is 2.36 bits per heavy atom. The molecule has 0 saturated carbocycles. The first-order chi connectivity index (χ1) is 10.2. The van der Waals surface area contributed by atoms with Crippen LogP contribution in [-0.2, 0) is 6.18 Å². The first-order valence-corrected chi connectivity index (χ1v) is 6.72.